The Morgan fingerprint density at radius 1 is 1.38 bits per heavy atom. The van der Waals surface area contributed by atoms with Crippen LogP contribution < -0.4 is 11.1 Å². The van der Waals surface area contributed by atoms with Crippen LogP contribution >= 0.6 is 0 Å². The van der Waals surface area contributed by atoms with Gasteiger partial charge in [-0.05, 0) is 19.8 Å². The highest BCUT2D eigenvalue weighted by Crippen LogP contribution is 2.22. The molecule has 0 aromatic carbocycles. The summed E-state index contributed by atoms with van der Waals surface area (Å²) in [6.45, 7) is 3.08. The van der Waals surface area contributed by atoms with Crippen molar-refractivity contribution < 1.29 is 8.42 Å². The molecule has 1 aliphatic heterocycles. The van der Waals surface area contributed by atoms with E-state index in [9.17, 15) is 8.42 Å². The summed E-state index contributed by atoms with van der Waals surface area (Å²) in [4.78, 5) is 0. The zero-order chi connectivity index (χ0) is 12.1. The molecule has 0 unspecified atom stereocenters. The van der Waals surface area contributed by atoms with Crippen molar-refractivity contribution in [2.24, 2.45) is 5.73 Å². The quantitative estimate of drug-likeness (QED) is 0.535. The number of rotatable bonds is 4. The van der Waals surface area contributed by atoms with Crippen molar-refractivity contribution in [3.8, 4) is 11.8 Å². The van der Waals surface area contributed by atoms with E-state index in [0.29, 0.717) is 19.4 Å². The minimum Gasteiger partial charge on any atom is -0.329 e. The van der Waals surface area contributed by atoms with Crippen LogP contribution in [-0.2, 0) is 9.84 Å². The Hall–Kier alpha value is -0.570. The summed E-state index contributed by atoms with van der Waals surface area (Å²) in [5, 5.41) is 3.37. The molecule has 1 saturated heterocycles. The molecule has 0 aromatic rings. The van der Waals surface area contributed by atoms with Gasteiger partial charge in [-0.15, -0.1) is 11.8 Å². The van der Waals surface area contributed by atoms with Crippen LogP contribution in [0.5, 0.6) is 0 Å². The van der Waals surface area contributed by atoms with Crippen LogP contribution in [0, 0.1) is 11.8 Å². The predicted molar refractivity (Wildman–Crippen MR) is 65.7 cm³/mol. The molecule has 0 atom stereocenters. The maximum absolute atomic E-state index is 11.3. The first kappa shape index (κ1) is 13.5. The fourth-order valence-corrected chi connectivity index (χ4v) is 3.50. The van der Waals surface area contributed by atoms with Crippen LogP contribution in [-0.4, -0.2) is 38.6 Å². The fourth-order valence-electron chi connectivity index (χ4n) is 1.90. The monoisotopic (exact) mass is 244 g/mol. The highest BCUT2D eigenvalue weighted by Gasteiger charge is 2.35. The van der Waals surface area contributed by atoms with Crippen molar-refractivity contribution in [2.45, 2.75) is 31.7 Å². The third kappa shape index (κ3) is 3.78. The molecule has 0 aromatic heterocycles. The van der Waals surface area contributed by atoms with Crippen molar-refractivity contribution in [3.63, 3.8) is 0 Å². The van der Waals surface area contributed by atoms with E-state index in [1.165, 1.54) is 0 Å². The van der Waals surface area contributed by atoms with E-state index in [1.807, 2.05) is 6.92 Å². The molecule has 4 nitrogen and oxygen atoms in total. The van der Waals surface area contributed by atoms with Crippen LogP contribution in [0.4, 0.5) is 0 Å². The van der Waals surface area contributed by atoms with E-state index >= 15 is 0 Å². The molecular formula is C11H20N2O2S. The van der Waals surface area contributed by atoms with Gasteiger partial charge in [0.05, 0.1) is 11.5 Å². The standard InChI is InChI=1S/C11H20N2O2S/c1-2-3-4-7-13-11(10-12)5-8-16(14,15)9-6-11/h13H,4-10,12H2,1H3. The van der Waals surface area contributed by atoms with Crippen molar-refractivity contribution in [1.29, 1.82) is 0 Å². The average molecular weight is 244 g/mol. The molecule has 1 heterocycles. The summed E-state index contributed by atoms with van der Waals surface area (Å²) in [5.74, 6) is 6.30. The summed E-state index contributed by atoms with van der Waals surface area (Å²) in [7, 11) is -2.82. The molecule has 0 spiro atoms. The number of hydrogen-bond donors (Lipinski definition) is 2. The second-order valence-corrected chi connectivity index (χ2v) is 6.54. The first-order valence-corrected chi connectivity index (χ1v) is 7.41. The zero-order valence-electron chi connectivity index (χ0n) is 9.75. The van der Waals surface area contributed by atoms with Gasteiger partial charge in [-0.1, -0.05) is 0 Å². The van der Waals surface area contributed by atoms with Gasteiger partial charge in [-0.3, -0.25) is 0 Å². The minimum atomic E-state index is -2.82. The Bertz CT molecular complexity index is 365. The minimum absolute atomic E-state index is 0.194. The second-order valence-electron chi connectivity index (χ2n) is 4.24. The Labute approximate surface area is 97.9 Å². The summed E-state index contributed by atoms with van der Waals surface area (Å²) in [6.07, 6.45) is 2.02. The van der Waals surface area contributed by atoms with Gasteiger partial charge in [-0.2, -0.15) is 0 Å². The molecule has 0 amide bonds. The van der Waals surface area contributed by atoms with E-state index in [1.54, 1.807) is 0 Å². The molecule has 1 aliphatic rings. The highest BCUT2D eigenvalue weighted by atomic mass is 32.2. The van der Waals surface area contributed by atoms with Gasteiger partial charge in [0.2, 0.25) is 0 Å². The number of nitrogens with one attached hydrogen (secondary N) is 1. The summed E-state index contributed by atoms with van der Waals surface area (Å²) >= 11 is 0. The summed E-state index contributed by atoms with van der Waals surface area (Å²) in [6, 6.07) is 0. The largest absolute Gasteiger partial charge is 0.329 e. The molecule has 16 heavy (non-hydrogen) atoms. The van der Waals surface area contributed by atoms with Crippen molar-refractivity contribution in [3.05, 3.63) is 0 Å². The van der Waals surface area contributed by atoms with Crippen LogP contribution in [0.2, 0.25) is 0 Å². The van der Waals surface area contributed by atoms with Crippen molar-refractivity contribution >= 4 is 9.84 Å². The topological polar surface area (TPSA) is 72.2 Å². The van der Waals surface area contributed by atoms with Crippen LogP contribution in [0.1, 0.15) is 26.2 Å². The van der Waals surface area contributed by atoms with Gasteiger partial charge in [0.15, 0.2) is 0 Å². The van der Waals surface area contributed by atoms with Gasteiger partial charge in [0, 0.05) is 25.0 Å². The van der Waals surface area contributed by atoms with E-state index in [0.717, 1.165) is 13.0 Å². The molecule has 5 heteroatoms. The lowest BCUT2D eigenvalue weighted by molar-refractivity contribution is 0.305. The fraction of sp³-hybridized carbons (Fsp3) is 0.818. The lowest BCUT2D eigenvalue weighted by Crippen LogP contribution is -2.55. The third-order valence-electron chi connectivity index (χ3n) is 3.10. The first-order chi connectivity index (χ1) is 7.54. The normalized spacial score (nSPS) is 22.1. The molecule has 1 rings (SSSR count). The third-order valence-corrected chi connectivity index (χ3v) is 4.75. The lowest BCUT2D eigenvalue weighted by Gasteiger charge is -2.37. The number of sulfone groups is 1. The van der Waals surface area contributed by atoms with Crippen molar-refractivity contribution in [2.75, 3.05) is 24.6 Å². The van der Waals surface area contributed by atoms with E-state index < -0.39 is 9.84 Å². The Balaban J connectivity index is 2.48. The Morgan fingerprint density at radius 3 is 2.50 bits per heavy atom. The van der Waals surface area contributed by atoms with Crippen LogP contribution in [0.25, 0.3) is 0 Å². The molecule has 1 fully saturated rings. The Kier molecular flexibility index (Phi) is 4.78. The first-order valence-electron chi connectivity index (χ1n) is 5.59. The van der Waals surface area contributed by atoms with Gasteiger partial charge < -0.3 is 11.1 Å². The lowest BCUT2D eigenvalue weighted by atomic mass is 9.92. The van der Waals surface area contributed by atoms with Crippen LogP contribution in [0.15, 0.2) is 0 Å². The molecule has 0 bridgehead atoms. The predicted octanol–water partition coefficient (Wildman–Crippen LogP) is -0.104. The molecular weight excluding hydrogens is 224 g/mol. The van der Waals surface area contributed by atoms with E-state index in [4.69, 9.17) is 5.73 Å². The SMILES string of the molecule is CC#CCCNC1(CN)CCS(=O)(=O)CC1. The van der Waals surface area contributed by atoms with Gasteiger partial charge in [0.25, 0.3) is 0 Å². The van der Waals surface area contributed by atoms with Gasteiger partial charge >= 0.3 is 0 Å². The van der Waals surface area contributed by atoms with Gasteiger partial charge in [-0.25, -0.2) is 8.42 Å². The summed E-state index contributed by atoms with van der Waals surface area (Å²) in [5.41, 5.74) is 5.55. The molecule has 92 valence electrons. The Morgan fingerprint density at radius 2 is 2.00 bits per heavy atom. The van der Waals surface area contributed by atoms with Crippen LogP contribution in [0.3, 0.4) is 0 Å². The average Bonchev–Trinajstić information content (AvgIpc) is 2.27. The maximum Gasteiger partial charge on any atom is 0.150 e. The molecule has 3 N–H and O–H groups in total. The second kappa shape index (κ2) is 5.67. The molecule has 0 aliphatic carbocycles. The smallest absolute Gasteiger partial charge is 0.150 e. The highest BCUT2D eigenvalue weighted by molar-refractivity contribution is 7.91. The van der Waals surface area contributed by atoms with Gasteiger partial charge in [0.1, 0.15) is 9.84 Å². The van der Waals surface area contributed by atoms with E-state index in [2.05, 4.69) is 17.2 Å². The molecule has 0 radical (unpaired) electrons. The van der Waals surface area contributed by atoms with Crippen molar-refractivity contribution in [1.82, 2.24) is 5.32 Å². The molecule has 0 saturated carbocycles. The maximum atomic E-state index is 11.3. The van der Waals surface area contributed by atoms with E-state index in [-0.39, 0.29) is 17.0 Å². The summed E-state index contributed by atoms with van der Waals surface area (Å²) < 4.78 is 22.7. The number of hydrogen-bond acceptors (Lipinski definition) is 4. The zero-order valence-corrected chi connectivity index (χ0v) is 10.6. The number of nitrogens with two attached hydrogens (primary N) is 1.